The smallest absolute Gasteiger partial charge is 0.315 e. The van der Waals surface area contributed by atoms with Crippen LogP contribution in [0.5, 0.6) is 5.75 Å². The highest BCUT2D eigenvalue weighted by atomic mass is 16.5. The largest absolute Gasteiger partial charge is 0.492 e. The Morgan fingerprint density at radius 2 is 2.11 bits per heavy atom. The van der Waals surface area contributed by atoms with Crippen LogP contribution in [0.1, 0.15) is 54.4 Å². The van der Waals surface area contributed by atoms with Gasteiger partial charge in [0, 0.05) is 31.1 Å². The number of amides is 1. The Kier molecular flexibility index (Phi) is 4.40. The van der Waals surface area contributed by atoms with Crippen LogP contribution >= 0.6 is 0 Å². The third-order valence-corrected chi connectivity index (χ3v) is 5.94. The standard InChI is InChI=1S/C21H25N3O4/c1-4-24-17(9-16(22-24)13(2)3)19(25)23-10-15-14-7-5-6-8-18(14)28-12-21(15,11-23)20(26)27/h5-9,13,15H,4,10-12H2,1-3H3,(H,26,27)/t15-,21-/m1/s1. The number of carbonyl (C=O) groups excluding carboxylic acids is 1. The van der Waals surface area contributed by atoms with Crippen molar-refractivity contribution in [2.75, 3.05) is 19.7 Å². The second kappa shape index (κ2) is 6.65. The number of aliphatic carboxylic acids is 1. The van der Waals surface area contributed by atoms with E-state index in [4.69, 9.17) is 4.74 Å². The fourth-order valence-corrected chi connectivity index (χ4v) is 4.29. The van der Waals surface area contributed by atoms with Crippen LogP contribution in [0.3, 0.4) is 0 Å². The highest BCUT2D eigenvalue weighted by Crippen LogP contribution is 2.49. The molecule has 148 valence electrons. The Morgan fingerprint density at radius 1 is 1.36 bits per heavy atom. The van der Waals surface area contributed by atoms with E-state index in [1.807, 2.05) is 51.1 Å². The molecule has 1 fully saturated rings. The molecule has 1 aromatic carbocycles. The number of rotatable bonds is 4. The maximum Gasteiger partial charge on any atom is 0.315 e. The Labute approximate surface area is 163 Å². The molecule has 1 N–H and O–H groups in total. The average molecular weight is 383 g/mol. The van der Waals surface area contributed by atoms with E-state index in [2.05, 4.69) is 5.10 Å². The van der Waals surface area contributed by atoms with Crippen molar-refractivity contribution in [1.29, 1.82) is 0 Å². The minimum Gasteiger partial charge on any atom is -0.492 e. The number of carboxylic acids is 1. The van der Waals surface area contributed by atoms with Gasteiger partial charge < -0.3 is 14.7 Å². The molecule has 7 heteroatoms. The van der Waals surface area contributed by atoms with Gasteiger partial charge in [-0.3, -0.25) is 14.3 Å². The van der Waals surface area contributed by atoms with Crippen molar-refractivity contribution in [3.05, 3.63) is 47.3 Å². The van der Waals surface area contributed by atoms with Crippen molar-refractivity contribution >= 4 is 11.9 Å². The van der Waals surface area contributed by atoms with Crippen LogP contribution in [0.15, 0.2) is 30.3 Å². The third kappa shape index (κ3) is 2.68. The van der Waals surface area contributed by atoms with Crippen molar-refractivity contribution in [3.63, 3.8) is 0 Å². The lowest BCUT2D eigenvalue weighted by molar-refractivity contribution is -0.151. The van der Waals surface area contributed by atoms with Crippen molar-refractivity contribution in [2.45, 2.75) is 39.2 Å². The van der Waals surface area contributed by atoms with Gasteiger partial charge in [0.05, 0.1) is 5.69 Å². The summed E-state index contributed by atoms with van der Waals surface area (Å²) in [5.41, 5.74) is 1.11. The number of carboxylic acid groups (broad SMARTS) is 1. The molecule has 3 heterocycles. The van der Waals surface area contributed by atoms with E-state index in [-0.39, 0.29) is 30.9 Å². The highest BCUT2D eigenvalue weighted by Gasteiger charge is 2.57. The van der Waals surface area contributed by atoms with Gasteiger partial charge in [0.1, 0.15) is 23.5 Å². The van der Waals surface area contributed by atoms with Crippen LogP contribution in [-0.2, 0) is 11.3 Å². The summed E-state index contributed by atoms with van der Waals surface area (Å²) in [4.78, 5) is 27.2. The molecule has 1 aromatic heterocycles. The molecule has 0 spiro atoms. The molecule has 4 rings (SSSR count). The van der Waals surface area contributed by atoms with Crippen LogP contribution < -0.4 is 4.74 Å². The Balaban J connectivity index is 1.70. The maximum absolute atomic E-state index is 13.3. The predicted molar refractivity (Wildman–Crippen MR) is 103 cm³/mol. The van der Waals surface area contributed by atoms with Gasteiger partial charge in [-0.05, 0) is 25.0 Å². The van der Waals surface area contributed by atoms with E-state index in [1.165, 1.54) is 0 Å². The van der Waals surface area contributed by atoms with Crippen LogP contribution in [0.4, 0.5) is 0 Å². The van der Waals surface area contributed by atoms with E-state index in [0.717, 1.165) is 11.3 Å². The second-order valence-corrected chi connectivity index (χ2v) is 7.95. The molecule has 0 bridgehead atoms. The molecule has 0 radical (unpaired) electrons. The Hall–Kier alpha value is -2.83. The molecule has 2 aliphatic rings. The SMILES string of the molecule is CCn1nc(C(C)C)cc1C(=O)N1C[C@@H]2c3ccccc3OC[C@]2(C(=O)O)C1. The number of fused-ring (bicyclic) bond motifs is 3. The van der Waals surface area contributed by atoms with Gasteiger partial charge in [0.15, 0.2) is 0 Å². The molecule has 2 aliphatic heterocycles. The number of carbonyl (C=O) groups is 2. The molecular weight excluding hydrogens is 358 g/mol. The first-order chi connectivity index (χ1) is 13.4. The number of nitrogens with zero attached hydrogens (tertiary/aromatic N) is 3. The fourth-order valence-electron chi connectivity index (χ4n) is 4.29. The zero-order chi connectivity index (χ0) is 20.1. The van der Waals surface area contributed by atoms with Gasteiger partial charge in [0.2, 0.25) is 0 Å². The lowest BCUT2D eigenvalue weighted by Gasteiger charge is -2.35. The average Bonchev–Trinajstić information content (AvgIpc) is 3.30. The number of aromatic nitrogens is 2. The molecule has 1 amide bonds. The summed E-state index contributed by atoms with van der Waals surface area (Å²) in [6.45, 7) is 7.16. The summed E-state index contributed by atoms with van der Waals surface area (Å²) in [6, 6.07) is 9.34. The van der Waals surface area contributed by atoms with E-state index in [0.29, 0.717) is 24.5 Å². The van der Waals surface area contributed by atoms with Crippen molar-refractivity contribution in [1.82, 2.24) is 14.7 Å². The normalized spacial score (nSPS) is 23.3. The summed E-state index contributed by atoms with van der Waals surface area (Å²) < 4.78 is 7.49. The molecule has 0 unspecified atom stereocenters. The van der Waals surface area contributed by atoms with Crippen LogP contribution in [0, 0.1) is 5.41 Å². The first-order valence-electron chi connectivity index (χ1n) is 9.69. The van der Waals surface area contributed by atoms with E-state index < -0.39 is 11.4 Å². The number of aryl methyl sites for hydroxylation is 1. The van der Waals surface area contributed by atoms with Gasteiger partial charge in [0.25, 0.3) is 5.91 Å². The summed E-state index contributed by atoms with van der Waals surface area (Å²) in [5.74, 6) is -0.463. The van der Waals surface area contributed by atoms with Gasteiger partial charge in [-0.25, -0.2) is 0 Å². The number of para-hydroxylation sites is 1. The molecule has 1 saturated heterocycles. The van der Waals surface area contributed by atoms with Crippen LogP contribution in [0.2, 0.25) is 0 Å². The highest BCUT2D eigenvalue weighted by molar-refractivity contribution is 5.94. The van der Waals surface area contributed by atoms with Crippen LogP contribution in [-0.4, -0.2) is 51.4 Å². The summed E-state index contributed by atoms with van der Waals surface area (Å²) in [7, 11) is 0. The fraction of sp³-hybridized carbons (Fsp3) is 0.476. The van der Waals surface area contributed by atoms with E-state index in [9.17, 15) is 14.7 Å². The predicted octanol–water partition coefficient (Wildman–Crippen LogP) is 2.73. The Bertz CT molecular complexity index is 935. The van der Waals surface area contributed by atoms with Gasteiger partial charge in [-0.15, -0.1) is 0 Å². The Morgan fingerprint density at radius 3 is 2.79 bits per heavy atom. The first kappa shape index (κ1) is 18.5. The minimum atomic E-state index is -1.12. The number of likely N-dealkylation sites (tertiary alicyclic amines) is 1. The van der Waals surface area contributed by atoms with Gasteiger partial charge >= 0.3 is 5.97 Å². The number of hydrogen-bond acceptors (Lipinski definition) is 4. The topological polar surface area (TPSA) is 84.7 Å². The lowest BCUT2D eigenvalue weighted by atomic mass is 9.73. The third-order valence-electron chi connectivity index (χ3n) is 5.94. The van der Waals surface area contributed by atoms with Gasteiger partial charge in [-0.1, -0.05) is 32.0 Å². The summed E-state index contributed by atoms with van der Waals surface area (Å²) >= 11 is 0. The quantitative estimate of drug-likeness (QED) is 0.878. The van der Waals surface area contributed by atoms with Crippen molar-refractivity contribution < 1.29 is 19.4 Å². The molecule has 0 saturated carbocycles. The molecule has 0 aliphatic carbocycles. The molecule has 7 nitrogen and oxygen atoms in total. The molecule has 2 aromatic rings. The van der Waals surface area contributed by atoms with E-state index >= 15 is 0 Å². The number of benzene rings is 1. The zero-order valence-corrected chi connectivity index (χ0v) is 16.4. The lowest BCUT2D eigenvalue weighted by Crippen LogP contribution is -2.46. The summed E-state index contributed by atoms with van der Waals surface area (Å²) in [5, 5.41) is 14.6. The number of ether oxygens (including phenoxy) is 1. The number of hydrogen-bond donors (Lipinski definition) is 1. The van der Waals surface area contributed by atoms with E-state index in [1.54, 1.807) is 9.58 Å². The molecule has 28 heavy (non-hydrogen) atoms. The van der Waals surface area contributed by atoms with Crippen molar-refractivity contribution in [3.8, 4) is 5.75 Å². The zero-order valence-electron chi connectivity index (χ0n) is 16.4. The van der Waals surface area contributed by atoms with Crippen molar-refractivity contribution in [2.24, 2.45) is 5.41 Å². The molecule has 2 atom stereocenters. The minimum absolute atomic E-state index is 0.0675. The first-order valence-corrected chi connectivity index (χ1v) is 9.69. The monoisotopic (exact) mass is 383 g/mol. The molecular formula is C21H25N3O4. The maximum atomic E-state index is 13.3. The summed E-state index contributed by atoms with van der Waals surface area (Å²) in [6.07, 6.45) is 0. The second-order valence-electron chi connectivity index (χ2n) is 7.95. The van der Waals surface area contributed by atoms with Gasteiger partial charge in [-0.2, -0.15) is 5.10 Å². The van der Waals surface area contributed by atoms with Crippen LogP contribution in [0.25, 0.3) is 0 Å².